The Morgan fingerprint density at radius 3 is 2.16 bits per heavy atom. The van der Waals surface area contributed by atoms with E-state index in [1.807, 2.05) is 13.8 Å². The molecule has 9 nitrogen and oxygen atoms in total. The van der Waals surface area contributed by atoms with Crippen molar-refractivity contribution in [1.82, 2.24) is 9.13 Å². The van der Waals surface area contributed by atoms with E-state index in [4.69, 9.17) is 5.73 Å². The molecule has 1 heterocycles. The molecule has 134 valence electrons. The summed E-state index contributed by atoms with van der Waals surface area (Å²) in [7, 11) is 0. The van der Waals surface area contributed by atoms with Gasteiger partial charge in [-0.1, -0.05) is 13.8 Å². The minimum absolute atomic E-state index is 0.0529. The van der Waals surface area contributed by atoms with Crippen LogP contribution in [0.5, 0.6) is 0 Å². The zero-order valence-electron chi connectivity index (χ0n) is 14.2. The summed E-state index contributed by atoms with van der Waals surface area (Å²) in [6, 6.07) is 5.66. The monoisotopic (exact) mass is 347 g/mol. The highest BCUT2D eigenvalue weighted by Gasteiger charge is 2.17. The first-order chi connectivity index (χ1) is 11.9. The lowest BCUT2D eigenvalue weighted by atomic mass is 10.2. The van der Waals surface area contributed by atoms with Crippen LogP contribution in [0.2, 0.25) is 0 Å². The second-order valence-corrected chi connectivity index (χ2v) is 5.58. The second-order valence-electron chi connectivity index (χ2n) is 5.58. The van der Waals surface area contributed by atoms with Gasteiger partial charge in [0.2, 0.25) is 0 Å². The number of hydrogen-bond donors (Lipinski definition) is 2. The molecule has 0 saturated carbocycles. The van der Waals surface area contributed by atoms with Crippen LogP contribution in [-0.4, -0.2) is 14.1 Å². The third-order valence-electron chi connectivity index (χ3n) is 3.70. The quantitative estimate of drug-likeness (QED) is 0.583. The average Bonchev–Trinajstić information content (AvgIpc) is 2.60. The minimum atomic E-state index is -0.538. The highest BCUT2D eigenvalue weighted by Crippen LogP contribution is 2.22. The van der Waals surface area contributed by atoms with Crippen LogP contribution in [0.25, 0.3) is 0 Å². The van der Waals surface area contributed by atoms with Crippen molar-refractivity contribution in [3.63, 3.8) is 0 Å². The van der Waals surface area contributed by atoms with Crippen molar-refractivity contribution in [2.24, 2.45) is 0 Å². The summed E-state index contributed by atoms with van der Waals surface area (Å²) >= 11 is 0. The van der Waals surface area contributed by atoms with E-state index < -0.39 is 16.2 Å². The number of anilines is 3. The van der Waals surface area contributed by atoms with Crippen LogP contribution in [-0.2, 0) is 13.1 Å². The summed E-state index contributed by atoms with van der Waals surface area (Å²) in [4.78, 5) is 35.2. The molecule has 0 saturated heterocycles. The predicted molar refractivity (Wildman–Crippen MR) is 96.3 cm³/mol. The number of rotatable bonds is 7. The Balaban J connectivity index is 2.54. The third kappa shape index (κ3) is 3.70. The lowest BCUT2D eigenvalue weighted by Gasteiger charge is -2.18. The van der Waals surface area contributed by atoms with Gasteiger partial charge in [0.1, 0.15) is 11.5 Å². The molecule has 0 unspecified atom stereocenters. The van der Waals surface area contributed by atoms with Gasteiger partial charge in [0.05, 0.1) is 4.92 Å². The van der Waals surface area contributed by atoms with Crippen LogP contribution >= 0.6 is 0 Å². The molecule has 0 aliphatic carbocycles. The van der Waals surface area contributed by atoms with Crippen LogP contribution in [0.15, 0.2) is 33.9 Å². The van der Waals surface area contributed by atoms with Gasteiger partial charge in [-0.05, 0) is 25.0 Å². The Bertz CT molecular complexity index is 883. The maximum Gasteiger partial charge on any atom is 0.332 e. The summed E-state index contributed by atoms with van der Waals surface area (Å²) in [5, 5.41) is 13.7. The molecule has 0 fully saturated rings. The molecular weight excluding hydrogens is 326 g/mol. The second kappa shape index (κ2) is 7.65. The van der Waals surface area contributed by atoms with Crippen molar-refractivity contribution in [3.8, 4) is 0 Å². The fourth-order valence-corrected chi connectivity index (χ4v) is 2.51. The number of benzene rings is 1. The molecule has 0 bridgehead atoms. The van der Waals surface area contributed by atoms with E-state index in [-0.39, 0.29) is 17.2 Å². The number of hydrogen-bond acceptors (Lipinski definition) is 6. The van der Waals surface area contributed by atoms with Gasteiger partial charge in [-0.2, -0.15) is 0 Å². The maximum atomic E-state index is 12.6. The average molecular weight is 347 g/mol. The molecular formula is C16H21N5O4. The van der Waals surface area contributed by atoms with Gasteiger partial charge in [-0.25, -0.2) is 4.79 Å². The zero-order valence-corrected chi connectivity index (χ0v) is 14.2. The molecule has 9 heteroatoms. The number of nitro benzene ring substituents is 1. The van der Waals surface area contributed by atoms with Crippen LogP contribution in [0, 0.1) is 10.1 Å². The van der Waals surface area contributed by atoms with Crippen molar-refractivity contribution >= 4 is 22.9 Å². The van der Waals surface area contributed by atoms with E-state index in [2.05, 4.69) is 5.32 Å². The normalized spacial score (nSPS) is 10.6. The topological polar surface area (TPSA) is 125 Å². The van der Waals surface area contributed by atoms with Gasteiger partial charge in [0.15, 0.2) is 0 Å². The fourth-order valence-electron chi connectivity index (χ4n) is 2.51. The zero-order chi connectivity index (χ0) is 18.6. The summed E-state index contributed by atoms with van der Waals surface area (Å²) in [6.45, 7) is 4.47. The summed E-state index contributed by atoms with van der Waals surface area (Å²) in [5.41, 5.74) is 5.40. The van der Waals surface area contributed by atoms with Crippen molar-refractivity contribution in [2.45, 2.75) is 39.8 Å². The van der Waals surface area contributed by atoms with Crippen molar-refractivity contribution in [3.05, 3.63) is 55.2 Å². The molecule has 0 aliphatic heterocycles. The van der Waals surface area contributed by atoms with Gasteiger partial charge in [-0.15, -0.1) is 0 Å². The van der Waals surface area contributed by atoms with Gasteiger partial charge >= 0.3 is 5.69 Å². The van der Waals surface area contributed by atoms with Crippen molar-refractivity contribution in [1.29, 1.82) is 0 Å². The first-order valence-electron chi connectivity index (χ1n) is 8.05. The number of nitrogens with one attached hydrogen (secondary N) is 1. The van der Waals surface area contributed by atoms with Crippen LogP contribution in [0.4, 0.5) is 22.9 Å². The van der Waals surface area contributed by atoms with Gasteiger partial charge in [0.25, 0.3) is 11.2 Å². The van der Waals surface area contributed by atoms with E-state index in [9.17, 15) is 19.7 Å². The summed E-state index contributed by atoms with van der Waals surface area (Å²) < 4.78 is 2.56. The standard InChI is InChI=1S/C16H21N5O4/c1-3-9-19-14(13(17)15(22)20(10-4-2)16(19)23)18-11-5-7-12(8-6-11)21(24)25/h5-8,18H,3-4,9-10,17H2,1-2H3. The van der Waals surface area contributed by atoms with Crippen LogP contribution in [0.3, 0.4) is 0 Å². The smallest absolute Gasteiger partial charge is 0.332 e. The largest absolute Gasteiger partial charge is 0.391 e. The maximum absolute atomic E-state index is 12.6. The summed E-state index contributed by atoms with van der Waals surface area (Å²) in [6.07, 6.45) is 1.31. The van der Waals surface area contributed by atoms with Gasteiger partial charge < -0.3 is 11.1 Å². The number of aromatic nitrogens is 2. The first kappa shape index (κ1) is 18.2. The van der Waals surface area contributed by atoms with Crippen molar-refractivity contribution < 1.29 is 4.92 Å². The molecule has 0 radical (unpaired) electrons. The van der Waals surface area contributed by atoms with E-state index in [0.717, 1.165) is 4.57 Å². The van der Waals surface area contributed by atoms with Gasteiger partial charge in [0, 0.05) is 30.9 Å². The number of nitro groups is 1. The molecule has 1 aromatic carbocycles. The molecule has 2 aromatic rings. The number of nitrogens with zero attached hydrogens (tertiary/aromatic N) is 3. The van der Waals surface area contributed by atoms with Crippen LogP contribution in [0.1, 0.15) is 26.7 Å². The van der Waals surface area contributed by atoms with Gasteiger partial charge in [-0.3, -0.25) is 24.0 Å². The highest BCUT2D eigenvalue weighted by atomic mass is 16.6. The Morgan fingerprint density at radius 1 is 1.08 bits per heavy atom. The Morgan fingerprint density at radius 2 is 1.64 bits per heavy atom. The third-order valence-corrected chi connectivity index (χ3v) is 3.70. The Kier molecular flexibility index (Phi) is 5.58. The lowest BCUT2D eigenvalue weighted by molar-refractivity contribution is -0.384. The highest BCUT2D eigenvalue weighted by molar-refractivity contribution is 5.68. The predicted octanol–water partition coefficient (Wildman–Crippen LogP) is 2.06. The molecule has 0 aliphatic rings. The first-order valence-corrected chi connectivity index (χ1v) is 8.05. The van der Waals surface area contributed by atoms with E-state index in [1.165, 1.54) is 28.8 Å². The van der Waals surface area contributed by atoms with Crippen molar-refractivity contribution in [2.75, 3.05) is 11.1 Å². The molecule has 3 N–H and O–H groups in total. The molecule has 0 atom stereocenters. The lowest BCUT2D eigenvalue weighted by Crippen LogP contribution is -2.42. The number of nitrogens with two attached hydrogens (primary N) is 1. The molecule has 25 heavy (non-hydrogen) atoms. The molecule has 2 rings (SSSR count). The van der Waals surface area contributed by atoms with E-state index in [1.54, 1.807) is 0 Å². The fraction of sp³-hybridized carbons (Fsp3) is 0.375. The SMILES string of the molecule is CCCn1c(Nc2ccc([N+](=O)[O-])cc2)c(N)c(=O)n(CCC)c1=O. The number of nitrogen functional groups attached to an aromatic ring is 1. The minimum Gasteiger partial charge on any atom is -0.391 e. The Labute approximate surface area is 143 Å². The summed E-state index contributed by atoms with van der Waals surface area (Å²) in [5.74, 6) is 0.207. The molecule has 0 spiro atoms. The van der Waals surface area contributed by atoms with E-state index in [0.29, 0.717) is 31.6 Å². The molecule has 0 amide bonds. The van der Waals surface area contributed by atoms with E-state index >= 15 is 0 Å². The van der Waals surface area contributed by atoms with Crippen LogP contribution < -0.4 is 22.3 Å². The number of non-ortho nitro benzene ring substituents is 1. The Hall–Kier alpha value is -3.10. The molecule has 1 aromatic heterocycles.